The Kier molecular flexibility index (Phi) is 5.62. The Hall–Kier alpha value is -1.43. The third kappa shape index (κ3) is 4.81. The maximum absolute atomic E-state index is 12.6. The zero-order valence-corrected chi connectivity index (χ0v) is 14.7. The lowest BCUT2D eigenvalue weighted by Crippen LogP contribution is -2.32. The van der Waals surface area contributed by atoms with E-state index in [1.165, 1.54) is 0 Å². The van der Waals surface area contributed by atoms with Crippen molar-refractivity contribution < 1.29 is 30.0 Å². The summed E-state index contributed by atoms with van der Waals surface area (Å²) in [6.07, 6.45) is -4.09. The zero-order chi connectivity index (χ0) is 18.9. The molecule has 0 aromatic heterocycles. The minimum atomic E-state index is -4.54. The van der Waals surface area contributed by atoms with Gasteiger partial charge in [0.1, 0.15) is 0 Å². The first-order valence-electron chi connectivity index (χ1n) is 7.25. The molecule has 0 bridgehead atoms. The van der Waals surface area contributed by atoms with Gasteiger partial charge in [0.05, 0.1) is 10.5 Å². The van der Waals surface area contributed by atoms with Gasteiger partial charge in [-0.3, -0.25) is 0 Å². The molecule has 0 amide bonds. The van der Waals surface area contributed by atoms with Crippen LogP contribution < -0.4 is 4.72 Å². The third-order valence-corrected chi connectivity index (χ3v) is 6.75. The molecular formula is C14H17F3N2O4S2. The molecule has 1 aromatic rings. The SMILES string of the molecule is C=CS(=O)(=O)NC[C@H]1CCN(S(=O)(=O)c2ccc(C(F)(F)F)cc2)C1. The second-order valence-corrected chi connectivity index (χ2v) is 9.25. The van der Waals surface area contributed by atoms with E-state index in [1.807, 2.05) is 0 Å². The van der Waals surface area contributed by atoms with Gasteiger partial charge < -0.3 is 0 Å². The number of sulfonamides is 2. The van der Waals surface area contributed by atoms with Gasteiger partial charge in [0.25, 0.3) is 0 Å². The van der Waals surface area contributed by atoms with Crippen LogP contribution >= 0.6 is 0 Å². The van der Waals surface area contributed by atoms with Crippen LogP contribution in [-0.4, -0.2) is 40.8 Å². The summed E-state index contributed by atoms with van der Waals surface area (Å²) in [7, 11) is -7.52. The summed E-state index contributed by atoms with van der Waals surface area (Å²) in [5.41, 5.74) is -0.926. The highest BCUT2D eigenvalue weighted by atomic mass is 32.2. The van der Waals surface area contributed by atoms with Crippen LogP contribution in [0.15, 0.2) is 41.1 Å². The van der Waals surface area contributed by atoms with Crippen LogP contribution in [0.4, 0.5) is 13.2 Å². The van der Waals surface area contributed by atoms with Crippen molar-refractivity contribution in [2.45, 2.75) is 17.5 Å². The number of nitrogens with zero attached hydrogens (tertiary/aromatic N) is 1. The first-order valence-corrected chi connectivity index (χ1v) is 10.2. The van der Waals surface area contributed by atoms with E-state index >= 15 is 0 Å². The van der Waals surface area contributed by atoms with Crippen molar-refractivity contribution in [3.8, 4) is 0 Å². The maximum Gasteiger partial charge on any atom is 0.416 e. The van der Waals surface area contributed by atoms with E-state index in [0.29, 0.717) is 6.42 Å². The molecule has 1 saturated heterocycles. The van der Waals surface area contributed by atoms with Crippen molar-refractivity contribution in [3.63, 3.8) is 0 Å². The van der Waals surface area contributed by atoms with Gasteiger partial charge >= 0.3 is 6.18 Å². The van der Waals surface area contributed by atoms with E-state index in [4.69, 9.17) is 0 Å². The zero-order valence-electron chi connectivity index (χ0n) is 13.0. The second kappa shape index (κ2) is 7.06. The molecule has 140 valence electrons. The fraction of sp³-hybridized carbons (Fsp3) is 0.429. The number of alkyl halides is 3. The average Bonchev–Trinajstić information content (AvgIpc) is 3.02. The fourth-order valence-corrected chi connectivity index (χ4v) is 4.56. The monoisotopic (exact) mass is 398 g/mol. The molecule has 1 aliphatic heterocycles. The summed E-state index contributed by atoms with van der Waals surface area (Å²) < 4.78 is 88.7. The highest BCUT2D eigenvalue weighted by molar-refractivity contribution is 7.92. The molecule has 1 fully saturated rings. The number of halogens is 3. The van der Waals surface area contributed by atoms with Gasteiger partial charge in [-0.2, -0.15) is 17.5 Å². The van der Waals surface area contributed by atoms with Crippen molar-refractivity contribution >= 4 is 20.0 Å². The molecule has 0 radical (unpaired) electrons. The molecule has 1 atom stereocenters. The predicted molar refractivity (Wildman–Crippen MR) is 85.4 cm³/mol. The molecule has 0 aliphatic carbocycles. The first kappa shape index (κ1) is 19.9. The Morgan fingerprint density at radius 1 is 1.20 bits per heavy atom. The van der Waals surface area contributed by atoms with Crippen molar-refractivity contribution in [2.75, 3.05) is 19.6 Å². The molecule has 1 heterocycles. The van der Waals surface area contributed by atoms with Crippen molar-refractivity contribution in [3.05, 3.63) is 41.8 Å². The highest BCUT2D eigenvalue weighted by Crippen LogP contribution is 2.31. The molecular weight excluding hydrogens is 381 g/mol. The molecule has 1 N–H and O–H groups in total. The summed E-state index contributed by atoms with van der Waals surface area (Å²) in [6, 6.07) is 3.29. The van der Waals surface area contributed by atoms with E-state index in [1.54, 1.807) is 0 Å². The van der Waals surface area contributed by atoms with Crippen LogP contribution in [0, 0.1) is 5.92 Å². The summed E-state index contributed by atoms with van der Waals surface area (Å²) >= 11 is 0. The highest BCUT2D eigenvalue weighted by Gasteiger charge is 2.34. The molecule has 0 saturated carbocycles. The van der Waals surface area contributed by atoms with Gasteiger partial charge in [-0.05, 0) is 36.6 Å². The second-order valence-electron chi connectivity index (χ2n) is 5.60. The smallest absolute Gasteiger partial charge is 0.211 e. The van der Waals surface area contributed by atoms with Crippen LogP contribution in [0.1, 0.15) is 12.0 Å². The lowest BCUT2D eigenvalue weighted by atomic mass is 10.1. The third-order valence-electron chi connectivity index (χ3n) is 3.86. The van der Waals surface area contributed by atoms with E-state index in [2.05, 4.69) is 11.3 Å². The summed E-state index contributed by atoms with van der Waals surface area (Å²) in [5, 5.41) is 0.763. The molecule has 0 spiro atoms. The number of rotatable bonds is 6. The van der Waals surface area contributed by atoms with Crippen molar-refractivity contribution in [1.29, 1.82) is 0 Å². The van der Waals surface area contributed by atoms with Crippen molar-refractivity contribution in [1.82, 2.24) is 9.03 Å². The summed E-state index contributed by atoms with van der Waals surface area (Å²) in [4.78, 5) is -0.229. The van der Waals surface area contributed by atoms with Gasteiger partial charge in [-0.1, -0.05) is 6.58 Å². The van der Waals surface area contributed by atoms with Gasteiger partial charge in [0.15, 0.2) is 0 Å². The molecule has 0 unspecified atom stereocenters. The van der Waals surface area contributed by atoms with E-state index < -0.39 is 31.8 Å². The Balaban J connectivity index is 2.07. The van der Waals surface area contributed by atoms with Crippen LogP contribution in [0.3, 0.4) is 0 Å². The van der Waals surface area contributed by atoms with Crippen LogP contribution in [0.2, 0.25) is 0 Å². The van der Waals surface area contributed by atoms with E-state index in [9.17, 15) is 30.0 Å². The van der Waals surface area contributed by atoms with E-state index in [0.717, 1.165) is 34.0 Å². The molecule has 25 heavy (non-hydrogen) atoms. The Morgan fingerprint density at radius 3 is 2.32 bits per heavy atom. The molecule has 1 aliphatic rings. The lowest BCUT2D eigenvalue weighted by molar-refractivity contribution is -0.137. The first-order chi connectivity index (χ1) is 11.5. The molecule has 1 aromatic carbocycles. The summed E-state index contributed by atoms with van der Waals surface area (Å²) in [6.45, 7) is 3.48. The topological polar surface area (TPSA) is 83.6 Å². The predicted octanol–water partition coefficient (Wildman–Crippen LogP) is 1.78. The number of hydrogen-bond acceptors (Lipinski definition) is 4. The van der Waals surface area contributed by atoms with E-state index in [-0.39, 0.29) is 30.4 Å². The normalized spacial score (nSPS) is 19.9. The average molecular weight is 398 g/mol. The number of hydrogen-bond donors (Lipinski definition) is 1. The van der Waals surface area contributed by atoms with Crippen LogP contribution in [0.5, 0.6) is 0 Å². The Morgan fingerprint density at radius 2 is 1.80 bits per heavy atom. The van der Waals surface area contributed by atoms with Crippen molar-refractivity contribution in [2.24, 2.45) is 5.92 Å². The standard InChI is InChI=1S/C14H17F3N2O4S2/c1-2-24(20,21)18-9-11-7-8-19(10-11)25(22,23)13-5-3-12(4-6-13)14(15,16)17/h2-6,11,18H,1,7-10H2/t11-/m1/s1. The van der Waals surface area contributed by atoms with Crippen LogP contribution in [0.25, 0.3) is 0 Å². The number of benzene rings is 1. The minimum Gasteiger partial charge on any atom is -0.211 e. The van der Waals surface area contributed by atoms with Gasteiger partial charge in [0.2, 0.25) is 20.0 Å². The largest absolute Gasteiger partial charge is 0.416 e. The van der Waals surface area contributed by atoms with Crippen LogP contribution in [-0.2, 0) is 26.2 Å². The van der Waals surface area contributed by atoms with Gasteiger partial charge in [0, 0.05) is 25.0 Å². The Bertz CT molecular complexity index is 834. The quantitative estimate of drug-likeness (QED) is 0.792. The lowest BCUT2D eigenvalue weighted by Gasteiger charge is -2.17. The van der Waals surface area contributed by atoms with Gasteiger partial charge in [-0.25, -0.2) is 21.6 Å². The Labute approximate surface area is 144 Å². The molecule has 2 rings (SSSR count). The number of nitrogens with one attached hydrogen (secondary N) is 1. The summed E-state index contributed by atoms with van der Waals surface area (Å²) in [5.74, 6) is -0.223. The fourth-order valence-electron chi connectivity index (χ4n) is 2.44. The maximum atomic E-state index is 12.6. The molecule has 6 nitrogen and oxygen atoms in total. The molecule has 11 heteroatoms. The minimum absolute atomic E-state index is 0.0629. The van der Waals surface area contributed by atoms with Gasteiger partial charge in [-0.15, -0.1) is 0 Å².